The van der Waals surface area contributed by atoms with Crippen molar-refractivity contribution in [2.45, 2.75) is 17.5 Å². The summed E-state index contributed by atoms with van der Waals surface area (Å²) in [6.07, 6.45) is -5.86. The van der Waals surface area contributed by atoms with Crippen LogP contribution in [0, 0.1) is 5.82 Å². The van der Waals surface area contributed by atoms with Crippen molar-refractivity contribution >= 4 is 11.6 Å². The van der Waals surface area contributed by atoms with E-state index in [-0.39, 0.29) is 5.75 Å². The Labute approximate surface area is 103 Å². The molecular formula is C10H7ClF6O. The molecule has 102 valence electrons. The third-order valence-electron chi connectivity index (χ3n) is 2.18. The Kier molecular flexibility index (Phi) is 4.05. The lowest BCUT2D eigenvalue weighted by Crippen LogP contribution is -2.40. The Morgan fingerprint density at radius 3 is 2.11 bits per heavy atom. The van der Waals surface area contributed by atoms with E-state index < -0.39 is 28.9 Å². The number of rotatable bonds is 3. The van der Waals surface area contributed by atoms with Crippen LogP contribution in [-0.4, -0.2) is 19.2 Å². The van der Waals surface area contributed by atoms with E-state index in [0.29, 0.717) is 6.07 Å². The number of ether oxygens (including phenoxy) is 1. The van der Waals surface area contributed by atoms with Gasteiger partial charge in [-0.05, 0) is 6.07 Å². The zero-order valence-electron chi connectivity index (χ0n) is 8.86. The predicted molar refractivity (Wildman–Crippen MR) is 52.5 cm³/mol. The van der Waals surface area contributed by atoms with E-state index in [4.69, 9.17) is 11.6 Å². The summed E-state index contributed by atoms with van der Waals surface area (Å²) in [5.41, 5.74) is -0.945. The van der Waals surface area contributed by atoms with Gasteiger partial charge in [-0.1, -0.05) is 6.07 Å². The van der Waals surface area contributed by atoms with Crippen molar-refractivity contribution < 1.29 is 31.1 Å². The summed E-state index contributed by atoms with van der Waals surface area (Å²) in [6, 6.07) is 2.45. The molecule has 1 unspecified atom stereocenters. The summed E-state index contributed by atoms with van der Waals surface area (Å²) in [7, 11) is 1.19. The third-order valence-corrected chi connectivity index (χ3v) is 2.69. The van der Waals surface area contributed by atoms with Gasteiger partial charge in [0.05, 0.1) is 7.11 Å². The van der Waals surface area contributed by atoms with Crippen molar-refractivity contribution in [2.75, 3.05) is 7.11 Å². The molecule has 0 amide bonds. The molecule has 1 aromatic carbocycles. The molecule has 1 nitrogen and oxygen atoms in total. The summed E-state index contributed by atoms with van der Waals surface area (Å²) in [5.74, 6) is -6.54. The van der Waals surface area contributed by atoms with Gasteiger partial charge in [-0.15, -0.1) is 11.6 Å². The second-order valence-electron chi connectivity index (χ2n) is 3.37. The third kappa shape index (κ3) is 2.66. The molecule has 1 rings (SSSR count). The first-order valence-corrected chi connectivity index (χ1v) is 4.97. The van der Waals surface area contributed by atoms with Crippen molar-refractivity contribution in [3.63, 3.8) is 0 Å². The van der Waals surface area contributed by atoms with E-state index in [1.165, 1.54) is 7.11 Å². The monoisotopic (exact) mass is 292 g/mol. The maximum atomic E-state index is 13.3. The SMILES string of the molecule is COc1ccc(C(Cl)C(F)(F)C(F)(F)F)c(F)c1. The van der Waals surface area contributed by atoms with Gasteiger partial charge < -0.3 is 4.74 Å². The highest BCUT2D eigenvalue weighted by Crippen LogP contribution is 2.48. The topological polar surface area (TPSA) is 9.23 Å². The second kappa shape index (κ2) is 4.87. The highest BCUT2D eigenvalue weighted by atomic mass is 35.5. The number of benzene rings is 1. The molecule has 0 radical (unpaired) electrons. The zero-order valence-corrected chi connectivity index (χ0v) is 9.62. The van der Waals surface area contributed by atoms with Crippen LogP contribution in [0.25, 0.3) is 0 Å². The average Bonchev–Trinajstić information content (AvgIpc) is 2.26. The van der Waals surface area contributed by atoms with Gasteiger partial charge in [0, 0.05) is 11.6 Å². The van der Waals surface area contributed by atoms with Crippen LogP contribution >= 0.6 is 11.6 Å². The fourth-order valence-electron chi connectivity index (χ4n) is 1.18. The van der Waals surface area contributed by atoms with Crippen molar-refractivity contribution in [1.82, 2.24) is 0 Å². The predicted octanol–water partition coefficient (Wildman–Crippen LogP) is 4.31. The van der Waals surface area contributed by atoms with Crippen LogP contribution in [0.5, 0.6) is 5.75 Å². The lowest BCUT2D eigenvalue weighted by atomic mass is 10.1. The largest absolute Gasteiger partial charge is 0.497 e. The van der Waals surface area contributed by atoms with Crippen LogP contribution < -0.4 is 4.74 Å². The minimum Gasteiger partial charge on any atom is -0.497 e. The summed E-state index contributed by atoms with van der Waals surface area (Å²) < 4.78 is 80.0. The van der Waals surface area contributed by atoms with Gasteiger partial charge in [0.1, 0.15) is 16.9 Å². The Hall–Kier alpha value is -1.11. The maximum Gasteiger partial charge on any atom is 0.455 e. The Bertz CT molecular complexity index is 431. The molecule has 8 heteroatoms. The normalized spacial score (nSPS) is 14.4. The molecule has 0 fully saturated rings. The summed E-state index contributed by atoms with van der Waals surface area (Å²) in [6.45, 7) is 0. The first kappa shape index (κ1) is 14.9. The lowest BCUT2D eigenvalue weighted by Gasteiger charge is -2.24. The molecule has 0 spiro atoms. The van der Waals surface area contributed by atoms with E-state index in [1.54, 1.807) is 0 Å². The first-order chi connectivity index (χ1) is 8.11. The van der Waals surface area contributed by atoms with Crippen molar-refractivity contribution in [3.05, 3.63) is 29.6 Å². The van der Waals surface area contributed by atoms with Gasteiger partial charge in [-0.3, -0.25) is 0 Å². The van der Waals surface area contributed by atoms with Crippen LogP contribution in [0.3, 0.4) is 0 Å². The van der Waals surface area contributed by atoms with Gasteiger partial charge in [-0.25, -0.2) is 4.39 Å². The molecule has 1 atom stereocenters. The molecule has 18 heavy (non-hydrogen) atoms. The Morgan fingerprint density at radius 2 is 1.72 bits per heavy atom. The van der Waals surface area contributed by atoms with E-state index in [2.05, 4.69) is 4.74 Å². The molecule has 0 aliphatic carbocycles. The quantitative estimate of drug-likeness (QED) is 0.596. The lowest BCUT2D eigenvalue weighted by molar-refractivity contribution is -0.283. The van der Waals surface area contributed by atoms with Gasteiger partial charge in [0.25, 0.3) is 0 Å². The maximum absolute atomic E-state index is 13.3. The number of methoxy groups -OCH3 is 1. The number of hydrogen-bond donors (Lipinski definition) is 0. The minimum absolute atomic E-state index is 0.0181. The van der Waals surface area contributed by atoms with Crippen molar-refractivity contribution in [3.8, 4) is 5.75 Å². The van der Waals surface area contributed by atoms with Gasteiger partial charge in [0.2, 0.25) is 0 Å². The molecule has 0 aliphatic rings. The second-order valence-corrected chi connectivity index (χ2v) is 3.81. The van der Waals surface area contributed by atoms with Crippen molar-refractivity contribution in [1.29, 1.82) is 0 Å². The first-order valence-electron chi connectivity index (χ1n) is 4.53. The molecule has 1 aromatic rings. The van der Waals surface area contributed by atoms with Crippen LogP contribution in [0.4, 0.5) is 26.3 Å². The van der Waals surface area contributed by atoms with Crippen LogP contribution in [-0.2, 0) is 0 Å². The number of alkyl halides is 6. The van der Waals surface area contributed by atoms with E-state index >= 15 is 0 Å². The summed E-state index contributed by atoms with van der Waals surface area (Å²) in [4.78, 5) is 0. The van der Waals surface area contributed by atoms with E-state index in [0.717, 1.165) is 12.1 Å². The highest BCUT2D eigenvalue weighted by Gasteiger charge is 2.62. The van der Waals surface area contributed by atoms with Crippen LogP contribution in [0.15, 0.2) is 18.2 Å². The molecule has 0 aromatic heterocycles. The molecule has 0 saturated carbocycles. The summed E-state index contributed by atoms with van der Waals surface area (Å²) >= 11 is 5.03. The number of hydrogen-bond acceptors (Lipinski definition) is 1. The molecular weight excluding hydrogens is 286 g/mol. The number of halogens is 7. The fraction of sp³-hybridized carbons (Fsp3) is 0.400. The highest BCUT2D eigenvalue weighted by molar-refractivity contribution is 6.21. The van der Waals surface area contributed by atoms with E-state index in [1.807, 2.05) is 0 Å². The smallest absolute Gasteiger partial charge is 0.455 e. The molecule has 0 N–H and O–H groups in total. The van der Waals surface area contributed by atoms with Gasteiger partial charge in [0.15, 0.2) is 0 Å². The Morgan fingerprint density at radius 1 is 1.17 bits per heavy atom. The van der Waals surface area contributed by atoms with E-state index in [9.17, 15) is 26.3 Å². The van der Waals surface area contributed by atoms with Gasteiger partial charge in [-0.2, -0.15) is 22.0 Å². The van der Waals surface area contributed by atoms with Crippen LogP contribution in [0.1, 0.15) is 10.9 Å². The average molecular weight is 293 g/mol. The fourth-order valence-corrected chi connectivity index (χ4v) is 1.48. The zero-order chi connectivity index (χ0) is 14.1. The summed E-state index contributed by atoms with van der Waals surface area (Å²) in [5, 5.41) is -2.84. The molecule has 0 saturated heterocycles. The molecule has 0 heterocycles. The standard InChI is InChI=1S/C10H7ClF6O/c1-18-5-2-3-6(7(12)4-5)8(11)9(13,14)10(15,16)17/h2-4,8H,1H3. The van der Waals surface area contributed by atoms with Gasteiger partial charge >= 0.3 is 12.1 Å². The molecule has 0 aliphatic heterocycles. The molecule has 0 bridgehead atoms. The minimum atomic E-state index is -5.86. The Balaban J connectivity index is 3.15. The van der Waals surface area contributed by atoms with Crippen LogP contribution in [0.2, 0.25) is 0 Å². The van der Waals surface area contributed by atoms with Crippen molar-refractivity contribution in [2.24, 2.45) is 0 Å².